The van der Waals surface area contributed by atoms with Crippen LogP contribution in [0.1, 0.15) is 11.4 Å². The standard InChI is InChI=1S/C16H17N5O6S/c1-9-5-10(2)18-16(17-9)19-20-28(25,26)11-3-4-13-12(6-11)21(7-15(23)24)14(22)8-27-13/h3-6,20H,7-8H2,1-2H3,(H,23,24)(H,17,18,19). The Kier molecular flexibility index (Phi) is 5.16. The van der Waals surface area contributed by atoms with Gasteiger partial charge in [-0.05, 0) is 38.1 Å². The van der Waals surface area contributed by atoms with Crippen LogP contribution in [0.5, 0.6) is 5.75 Å². The van der Waals surface area contributed by atoms with Crippen LogP contribution in [0, 0.1) is 13.8 Å². The van der Waals surface area contributed by atoms with E-state index in [0.717, 1.165) is 4.90 Å². The van der Waals surface area contributed by atoms with E-state index in [1.54, 1.807) is 19.9 Å². The molecule has 1 aromatic carbocycles. The number of aryl methyl sites for hydroxylation is 2. The molecule has 2 heterocycles. The first-order chi connectivity index (χ1) is 13.2. The molecule has 0 aliphatic carbocycles. The van der Waals surface area contributed by atoms with Crippen molar-refractivity contribution in [2.45, 2.75) is 18.7 Å². The highest BCUT2D eigenvalue weighted by atomic mass is 32.2. The second-order valence-electron chi connectivity index (χ2n) is 6.00. The van der Waals surface area contributed by atoms with Crippen molar-refractivity contribution in [3.05, 3.63) is 35.7 Å². The fourth-order valence-corrected chi connectivity index (χ4v) is 3.47. The number of nitrogens with one attached hydrogen (secondary N) is 2. The second kappa shape index (κ2) is 7.40. The number of fused-ring (bicyclic) bond motifs is 1. The van der Waals surface area contributed by atoms with Crippen LogP contribution in [0.25, 0.3) is 0 Å². The molecule has 1 amide bonds. The van der Waals surface area contributed by atoms with Gasteiger partial charge in [-0.1, -0.05) is 0 Å². The van der Waals surface area contributed by atoms with E-state index in [1.165, 1.54) is 18.2 Å². The van der Waals surface area contributed by atoms with Gasteiger partial charge in [0.05, 0.1) is 10.6 Å². The highest BCUT2D eigenvalue weighted by Crippen LogP contribution is 2.34. The van der Waals surface area contributed by atoms with E-state index in [2.05, 4.69) is 20.2 Å². The molecule has 1 aliphatic heterocycles. The van der Waals surface area contributed by atoms with E-state index in [4.69, 9.17) is 9.84 Å². The quantitative estimate of drug-likeness (QED) is 0.571. The molecular weight excluding hydrogens is 390 g/mol. The summed E-state index contributed by atoms with van der Waals surface area (Å²) in [6.07, 6.45) is 0. The fraction of sp³-hybridized carbons (Fsp3) is 0.250. The number of carboxylic acids is 1. The lowest BCUT2D eigenvalue weighted by molar-refractivity contribution is -0.137. The van der Waals surface area contributed by atoms with Crippen LogP contribution in [0.4, 0.5) is 11.6 Å². The number of nitrogens with zero attached hydrogens (tertiary/aromatic N) is 3. The number of carboxylic acid groups (broad SMARTS) is 1. The second-order valence-corrected chi connectivity index (χ2v) is 7.68. The van der Waals surface area contributed by atoms with Gasteiger partial charge in [0, 0.05) is 11.4 Å². The molecule has 3 rings (SSSR count). The summed E-state index contributed by atoms with van der Waals surface area (Å²) in [6, 6.07) is 5.54. The number of anilines is 2. The van der Waals surface area contributed by atoms with Crippen LogP contribution < -0.4 is 19.9 Å². The maximum atomic E-state index is 12.6. The molecule has 0 saturated heterocycles. The number of hydrazine groups is 1. The predicted molar refractivity (Wildman–Crippen MR) is 97.4 cm³/mol. The van der Waals surface area contributed by atoms with Gasteiger partial charge in [0.2, 0.25) is 5.95 Å². The minimum absolute atomic E-state index is 0.0594. The van der Waals surface area contributed by atoms with Crippen LogP contribution >= 0.6 is 0 Å². The first kappa shape index (κ1) is 19.5. The Morgan fingerprint density at radius 3 is 2.57 bits per heavy atom. The van der Waals surface area contributed by atoms with E-state index < -0.39 is 28.4 Å². The number of carbonyl (C=O) groups excluding carboxylic acids is 1. The zero-order valence-electron chi connectivity index (χ0n) is 15.0. The lowest BCUT2D eigenvalue weighted by Gasteiger charge is -2.28. The Balaban J connectivity index is 1.87. The molecular formula is C16H17N5O6S. The summed E-state index contributed by atoms with van der Waals surface area (Å²) in [7, 11) is -4.07. The van der Waals surface area contributed by atoms with Gasteiger partial charge in [-0.15, -0.1) is 4.83 Å². The number of benzene rings is 1. The number of hydrogen-bond acceptors (Lipinski definition) is 8. The number of aliphatic carboxylic acids is 1. The SMILES string of the molecule is Cc1cc(C)nc(NNS(=O)(=O)c2ccc3c(c2)N(CC(=O)O)C(=O)CO3)n1. The van der Waals surface area contributed by atoms with Crippen LogP contribution in [0.15, 0.2) is 29.2 Å². The van der Waals surface area contributed by atoms with Gasteiger partial charge in [-0.2, -0.15) is 0 Å². The maximum absolute atomic E-state index is 12.6. The number of hydrogen-bond donors (Lipinski definition) is 3. The molecule has 2 aromatic rings. The van der Waals surface area contributed by atoms with Crippen molar-refractivity contribution in [2.24, 2.45) is 0 Å². The van der Waals surface area contributed by atoms with E-state index in [1.807, 2.05) is 0 Å². The lowest BCUT2D eigenvalue weighted by Crippen LogP contribution is -2.42. The summed E-state index contributed by atoms with van der Waals surface area (Å²) in [5, 5.41) is 9.00. The molecule has 3 N–H and O–H groups in total. The average Bonchev–Trinajstić information content (AvgIpc) is 2.61. The molecule has 148 valence electrons. The first-order valence-electron chi connectivity index (χ1n) is 8.05. The number of aromatic nitrogens is 2. The monoisotopic (exact) mass is 407 g/mol. The highest BCUT2D eigenvalue weighted by molar-refractivity contribution is 7.89. The van der Waals surface area contributed by atoms with E-state index >= 15 is 0 Å². The van der Waals surface area contributed by atoms with Crippen LogP contribution in [0.3, 0.4) is 0 Å². The largest absolute Gasteiger partial charge is 0.482 e. The highest BCUT2D eigenvalue weighted by Gasteiger charge is 2.29. The minimum atomic E-state index is -4.07. The smallest absolute Gasteiger partial charge is 0.323 e. The van der Waals surface area contributed by atoms with Gasteiger partial charge in [0.25, 0.3) is 15.9 Å². The third kappa shape index (κ3) is 4.18. The third-order valence-corrected chi connectivity index (χ3v) is 5.00. The molecule has 0 fully saturated rings. The van der Waals surface area contributed by atoms with Crippen molar-refractivity contribution in [1.82, 2.24) is 14.8 Å². The topological polar surface area (TPSA) is 151 Å². The molecule has 0 radical (unpaired) electrons. The zero-order chi connectivity index (χ0) is 20.5. The molecule has 0 unspecified atom stereocenters. The number of sulfonamides is 1. The van der Waals surface area contributed by atoms with E-state index in [9.17, 15) is 18.0 Å². The molecule has 0 saturated carbocycles. The van der Waals surface area contributed by atoms with Gasteiger partial charge in [0.15, 0.2) is 6.61 Å². The normalized spacial score (nSPS) is 13.6. The van der Waals surface area contributed by atoms with Crippen LogP contribution in [-0.2, 0) is 19.6 Å². The molecule has 1 aromatic heterocycles. The summed E-state index contributed by atoms with van der Waals surface area (Å²) < 4.78 is 30.4. The molecule has 0 atom stereocenters. The average molecular weight is 407 g/mol. The summed E-state index contributed by atoms with van der Waals surface area (Å²) in [5.74, 6) is -1.53. The van der Waals surface area contributed by atoms with Crippen molar-refractivity contribution in [2.75, 3.05) is 23.5 Å². The van der Waals surface area contributed by atoms with Gasteiger partial charge < -0.3 is 9.84 Å². The Bertz CT molecular complexity index is 1040. The molecule has 11 nitrogen and oxygen atoms in total. The summed E-state index contributed by atoms with van der Waals surface area (Å²) in [5.41, 5.74) is 3.80. The van der Waals surface area contributed by atoms with Crippen molar-refractivity contribution < 1.29 is 27.9 Å². The molecule has 1 aliphatic rings. The summed E-state index contributed by atoms with van der Waals surface area (Å²) in [6.45, 7) is 2.55. The number of ether oxygens (including phenoxy) is 1. The molecule has 28 heavy (non-hydrogen) atoms. The summed E-state index contributed by atoms with van der Waals surface area (Å²) >= 11 is 0. The molecule has 0 spiro atoms. The Morgan fingerprint density at radius 1 is 1.25 bits per heavy atom. The first-order valence-corrected chi connectivity index (χ1v) is 9.53. The van der Waals surface area contributed by atoms with Crippen molar-refractivity contribution >= 4 is 33.5 Å². The third-order valence-electron chi connectivity index (χ3n) is 3.76. The molecule has 12 heteroatoms. The predicted octanol–water partition coefficient (Wildman–Crippen LogP) is 0.209. The van der Waals surface area contributed by atoms with Crippen molar-refractivity contribution in [3.8, 4) is 5.75 Å². The van der Waals surface area contributed by atoms with Crippen molar-refractivity contribution in [1.29, 1.82) is 0 Å². The maximum Gasteiger partial charge on any atom is 0.323 e. The van der Waals surface area contributed by atoms with Crippen molar-refractivity contribution in [3.63, 3.8) is 0 Å². The van der Waals surface area contributed by atoms with Gasteiger partial charge in [-0.25, -0.2) is 18.4 Å². The van der Waals surface area contributed by atoms with Gasteiger partial charge in [0.1, 0.15) is 12.3 Å². The lowest BCUT2D eigenvalue weighted by atomic mass is 10.2. The fourth-order valence-electron chi connectivity index (χ4n) is 2.61. The summed E-state index contributed by atoms with van der Waals surface area (Å²) in [4.78, 5) is 34.1. The zero-order valence-corrected chi connectivity index (χ0v) is 15.8. The van der Waals surface area contributed by atoms with Crippen LogP contribution in [-0.4, -0.2) is 48.5 Å². The minimum Gasteiger partial charge on any atom is -0.482 e. The van der Waals surface area contributed by atoms with E-state index in [0.29, 0.717) is 11.4 Å². The number of amides is 1. The number of rotatable bonds is 6. The van der Waals surface area contributed by atoms with Crippen LogP contribution in [0.2, 0.25) is 0 Å². The van der Waals surface area contributed by atoms with Gasteiger partial charge in [-0.3, -0.25) is 19.9 Å². The van der Waals surface area contributed by atoms with E-state index in [-0.39, 0.29) is 28.9 Å². The number of carbonyl (C=O) groups is 2. The molecule has 0 bridgehead atoms. The van der Waals surface area contributed by atoms with Gasteiger partial charge >= 0.3 is 5.97 Å². The Morgan fingerprint density at radius 2 is 1.93 bits per heavy atom. The Labute approximate surface area is 160 Å². The Hall–Kier alpha value is -3.25.